The molecule has 0 saturated carbocycles. The van der Waals surface area contributed by atoms with E-state index in [0.717, 1.165) is 11.3 Å². The zero-order valence-electron chi connectivity index (χ0n) is 14.2. The van der Waals surface area contributed by atoms with Gasteiger partial charge < -0.3 is 19.8 Å². The first kappa shape index (κ1) is 18.1. The summed E-state index contributed by atoms with van der Waals surface area (Å²) in [5.41, 5.74) is 0.942. The van der Waals surface area contributed by atoms with E-state index in [9.17, 15) is 0 Å². The fourth-order valence-electron chi connectivity index (χ4n) is 1.90. The van der Waals surface area contributed by atoms with Crippen molar-refractivity contribution in [2.75, 3.05) is 13.7 Å². The van der Waals surface area contributed by atoms with Gasteiger partial charge in [0.2, 0.25) is 5.88 Å². The van der Waals surface area contributed by atoms with Crippen LogP contribution in [0.5, 0.6) is 5.88 Å². The minimum Gasteiger partial charge on any atom is -0.476 e. The predicted molar refractivity (Wildman–Crippen MR) is 95.3 cm³/mol. The average molecular weight is 351 g/mol. The number of halogens is 1. The van der Waals surface area contributed by atoms with E-state index < -0.39 is 0 Å². The molecule has 0 bridgehead atoms. The van der Waals surface area contributed by atoms with Crippen LogP contribution in [0.4, 0.5) is 0 Å². The molecule has 24 heavy (non-hydrogen) atoms. The Kier molecular flexibility index (Phi) is 6.93. The first-order valence-electron chi connectivity index (χ1n) is 7.82. The fraction of sp³-hybridized carbons (Fsp3) is 0.412. The van der Waals surface area contributed by atoms with Gasteiger partial charge in [0, 0.05) is 19.8 Å². The van der Waals surface area contributed by atoms with E-state index in [-0.39, 0.29) is 0 Å². The number of nitrogens with one attached hydrogen (secondary N) is 2. The van der Waals surface area contributed by atoms with E-state index in [1.54, 1.807) is 19.5 Å². The Balaban J connectivity index is 1.84. The molecule has 0 aliphatic carbocycles. The number of furan rings is 1. The monoisotopic (exact) mass is 350 g/mol. The van der Waals surface area contributed by atoms with Gasteiger partial charge in [-0.05, 0) is 29.7 Å². The number of hydrogen-bond donors (Lipinski definition) is 2. The molecule has 0 unspecified atom stereocenters. The van der Waals surface area contributed by atoms with E-state index in [4.69, 9.17) is 20.8 Å². The summed E-state index contributed by atoms with van der Waals surface area (Å²) in [6.07, 6.45) is 3.39. The summed E-state index contributed by atoms with van der Waals surface area (Å²) in [4.78, 5) is 8.44. The van der Waals surface area contributed by atoms with Gasteiger partial charge in [-0.2, -0.15) is 0 Å². The summed E-state index contributed by atoms with van der Waals surface area (Å²) in [6.45, 7) is 5.86. The molecular formula is C17H23ClN4O2. The van der Waals surface area contributed by atoms with Crippen LogP contribution < -0.4 is 15.4 Å². The fourth-order valence-corrected chi connectivity index (χ4v) is 2.15. The molecule has 2 rings (SSSR count). The highest BCUT2D eigenvalue weighted by Crippen LogP contribution is 2.22. The largest absolute Gasteiger partial charge is 0.476 e. The number of nitrogens with zero attached hydrogens (tertiary/aromatic N) is 2. The van der Waals surface area contributed by atoms with Crippen LogP contribution in [-0.2, 0) is 13.1 Å². The Labute approximate surface area is 147 Å². The molecule has 0 spiro atoms. The van der Waals surface area contributed by atoms with Gasteiger partial charge in [-0.1, -0.05) is 25.4 Å². The molecule has 0 atom stereocenters. The molecule has 2 aromatic heterocycles. The normalized spacial score (nSPS) is 11.6. The third kappa shape index (κ3) is 5.77. The molecule has 0 saturated heterocycles. The van der Waals surface area contributed by atoms with E-state index in [1.165, 1.54) is 0 Å². The van der Waals surface area contributed by atoms with Crippen molar-refractivity contribution in [1.82, 2.24) is 15.6 Å². The predicted octanol–water partition coefficient (Wildman–Crippen LogP) is 3.23. The van der Waals surface area contributed by atoms with Crippen molar-refractivity contribution in [3.63, 3.8) is 0 Å². The van der Waals surface area contributed by atoms with E-state index in [1.807, 2.05) is 18.2 Å². The number of aliphatic imine (C=N–C) groups is 1. The molecular weight excluding hydrogens is 328 g/mol. The number of rotatable bonds is 7. The Morgan fingerprint density at radius 2 is 2.17 bits per heavy atom. The second-order valence-electron chi connectivity index (χ2n) is 5.69. The molecule has 0 fully saturated rings. The van der Waals surface area contributed by atoms with E-state index in [0.29, 0.717) is 42.5 Å². The van der Waals surface area contributed by atoms with Crippen LogP contribution in [0.1, 0.15) is 25.2 Å². The zero-order valence-corrected chi connectivity index (χ0v) is 14.9. The van der Waals surface area contributed by atoms with E-state index in [2.05, 4.69) is 34.5 Å². The molecule has 6 nitrogen and oxygen atoms in total. The highest BCUT2D eigenvalue weighted by atomic mass is 35.5. The summed E-state index contributed by atoms with van der Waals surface area (Å²) in [5.74, 6) is 2.40. The third-order valence-electron chi connectivity index (χ3n) is 3.11. The van der Waals surface area contributed by atoms with Crippen LogP contribution in [0, 0.1) is 5.92 Å². The molecule has 0 aliphatic heterocycles. The van der Waals surface area contributed by atoms with Crippen molar-refractivity contribution in [2.45, 2.75) is 26.9 Å². The van der Waals surface area contributed by atoms with Gasteiger partial charge in [0.05, 0.1) is 19.4 Å². The lowest BCUT2D eigenvalue weighted by molar-refractivity contribution is 0.261. The second kappa shape index (κ2) is 9.17. The van der Waals surface area contributed by atoms with E-state index >= 15 is 0 Å². The Morgan fingerprint density at radius 3 is 2.79 bits per heavy atom. The standard InChI is InChI=1S/C17H23ClN4O2/c1-12(2)11-24-16-15(18)7-13(8-20-16)9-21-17(19-3)22-10-14-5-4-6-23-14/h4-8,12H,9-11H2,1-3H3,(H2,19,21,22). The van der Waals surface area contributed by atoms with Crippen LogP contribution in [0.25, 0.3) is 0 Å². The summed E-state index contributed by atoms with van der Waals surface area (Å²) in [5, 5.41) is 6.88. The first-order valence-corrected chi connectivity index (χ1v) is 8.20. The van der Waals surface area contributed by atoms with Gasteiger partial charge in [-0.15, -0.1) is 0 Å². The van der Waals surface area contributed by atoms with Gasteiger partial charge in [0.25, 0.3) is 0 Å². The van der Waals surface area contributed by atoms with Crippen molar-refractivity contribution >= 4 is 17.6 Å². The minimum atomic E-state index is 0.424. The van der Waals surface area contributed by atoms with Crippen LogP contribution >= 0.6 is 11.6 Å². The maximum atomic E-state index is 6.22. The summed E-state index contributed by atoms with van der Waals surface area (Å²) in [7, 11) is 1.71. The number of pyridine rings is 1. The average Bonchev–Trinajstić information content (AvgIpc) is 3.07. The third-order valence-corrected chi connectivity index (χ3v) is 3.38. The first-order chi connectivity index (χ1) is 11.6. The molecule has 2 N–H and O–H groups in total. The summed E-state index contributed by atoms with van der Waals surface area (Å²) >= 11 is 6.22. The molecule has 0 amide bonds. The number of aromatic nitrogens is 1. The van der Waals surface area contributed by atoms with Crippen LogP contribution in [-0.4, -0.2) is 24.6 Å². The van der Waals surface area contributed by atoms with Crippen LogP contribution in [0.2, 0.25) is 5.02 Å². The van der Waals surface area contributed by atoms with Crippen LogP contribution in [0.15, 0.2) is 40.1 Å². The Morgan fingerprint density at radius 1 is 1.38 bits per heavy atom. The quantitative estimate of drug-likeness (QED) is 0.592. The van der Waals surface area contributed by atoms with Crippen molar-refractivity contribution in [3.8, 4) is 5.88 Å². The molecule has 130 valence electrons. The van der Waals surface area contributed by atoms with Gasteiger partial charge in [-0.3, -0.25) is 4.99 Å². The smallest absolute Gasteiger partial charge is 0.232 e. The number of guanidine groups is 1. The van der Waals surface area contributed by atoms with Crippen molar-refractivity contribution in [2.24, 2.45) is 10.9 Å². The summed E-state index contributed by atoms with van der Waals surface area (Å²) in [6, 6.07) is 5.60. The van der Waals surface area contributed by atoms with Crippen molar-refractivity contribution in [3.05, 3.63) is 47.0 Å². The highest BCUT2D eigenvalue weighted by molar-refractivity contribution is 6.31. The molecule has 0 aromatic carbocycles. The SMILES string of the molecule is CN=C(NCc1cnc(OCC(C)C)c(Cl)c1)NCc1ccco1. The van der Waals surface area contributed by atoms with Crippen molar-refractivity contribution in [1.29, 1.82) is 0 Å². The minimum absolute atomic E-state index is 0.424. The molecule has 2 heterocycles. The Hall–Kier alpha value is -2.21. The number of ether oxygens (including phenoxy) is 1. The van der Waals surface area contributed by atoms with Gasteiger partial charge in [0.1, 0.15) is 10.8 Å². The maximum absolute atomic E-state index is 6.22. The topological polar surface area (TPSA) is 71.7 Å². The number of hydrogen-bond acceptors (Lipinski definition) is 4. The molecule has 0 aliphatic rings. The van der Waals surface area contributed by atoms with Gasteiger partial charge >= 0.3 is 0 Å². The molecule has 0 radical (unpaired) electrons. The van der Waals surface area contributed by atoms with Crippen LogP contribution in [0.3, 0.4) is 0 Å². The molecule has 7 heteroatoms. The lowest BCUT2D eigenvalue weighted by Crippen LogP contribution is -2.36. The van der Waals surface area contributed by atoms with Gasteiger partial charge in [-0.25, -0.2) is 4.98 Å². The second-order valence-corrected chi connectivity index (χ2v) is 6.10. The zero-order chi connectivity index (χ0) is 17.4. The molecule has 2 aromatic rings. The lowest BCUT2D eigenvalue weighted by atomic mass is 10.2. The van der Waals surface area contributed by atoms with Crippen molar-refractivity contribution < 1.29 is 9.15 Å². The maximum Gasteiger partial charge on any atom is 0.232 e. The van der Waals surface area contributed by atoms with Gasteiger partial charge in [0.15, 0.2) is 5.96 Å². The Bertz CT molecular complexity index is 657. The lowest BCUT2D eigenvalue weighted by Gasteiger charge is -2.12. The highest BCUT2D eigenvalue weighted by Gasteiger charge is 2.07. The summed E-state index contributed by atoms with van der Waals surface area (Å²) < 4.78 is 10.8.